The molecule has 0 unspecified atom stereocenters. The monoisotopic (exact) mass is 324 g/mol. The molecule has 24 heavy (non-hydrogen) atoms. The van der Waals surface area contributed by atoms with Crippen LogP contribution in [0.4, 0.5) is 4.39 Å². The molecule has 0 spiro atoms. The largest absolute Gasteiger partial charge is 0.382 e. The van der Waals surface area contributed by atoms with Gasteiger partial charge in [0.05, 0.1) is 5.71 Å². The number of nitrogens with zero attached hydrogens (tertiary/aromatic N) is 1. The number of benzene rings is 2. The Morgan fingerprint density at radius 1 is 1.17 bits per heavy atom. The first-order chi connectivity index (χ1) is 11.7. The van der Waals surface area contributed by atoms with Crippen LogP contribution in [0.3, 0.4) is 0 Å². The van der Waals surface area contributed by atoms with Crippen LogP contribution in [0.15, 0.2) is 59.8 Å². The van der Waals surface area contributed by atoms with Crippen molar-refractivity contribution in [2.24, 2.45) is 5.16 Å². The number of rotatable bonds is 4. The molecule has 0 saturated heterocycles. The molecule has 2 aromatic rings. The summed E-state index contributed by atoms with van der Waals surface area (Å²) in [6, 6.07) is 16.5. The van der Waals surface area contributed by atoms with Gasteiger partial charge in [0, 0.05) is 23.9 Å². The van der Waals surface area contributed by atoms with E-state index in [1.807, 2.05) is 18.2 Å². The van der Waals surface area contributed by atoms with E-state index in [9.17, 15) is 9.18 Å². The Morgan fingerprint density at radius 3 is 2.79 bits per heavy atom. The zero-order valence-electron chi connectivity index (χ0n) is 13.0. The molecule has 5 heteroatoms. The van der Waals surface area contributed by atoms with Gasteiger partial charge in [-0.15, -0.1) is 0 Å². The van der Waals surface area contributed by atoms with Crippen LogP contribution in [0.25, 0.3) is 0 Å². The van der Waals surface area contributed by atoms with E-state index >= 15 is 0 Å². The number of carbonyl (C=O) groups excluding carboxylic acids is 1. The van der Waals surface area contributed by atoms with Crippen molar-refractivity contribution >= 4 is 11.6 Å². The van der Waals surface area contributed by atoms with Gasteiger partial charge in [-0.1, -0.05) is 47.6 Å². The maximum atomic E-state index is 13.3. The van der Waals surface area contributed by atoms with Crippen LogP contribution in [0.1, 0.15) is 29.9 Å². The second-order valence-electron chi connectivity index (χ2n) is 6.21. The van der Waals surface area contributed by atoms with Crippen molar-refractivity contribution in [1.82, 2.24) is 5.32 Å². The van der Waals surface area contributed by atoms with Gasteiger partial charge in [0.15, 0.2) is 0 Å². The molecular formula is C19H17FN2O2. The highest BCUT2D eigenvalue weighted by molar-refractivity contribution is 6.04. The van der Waals surface area contributed by atoms with Gasteiger partial charge in [-0.2, -0.15) is 0 Å². The zero-order chi connectivity index (χ0) is 16.5. The third kappa shape index (κ3) is 3.02. The number of amides is 1. The summed E-state index contributed by atoms with van der Waals surface area (Å²) in [5.74, 6) is -0.111. The fourth-order valence-electron chi connectivity index (χ4n) is 3.06. The Kier molecular flexibility index (Phi) is 3.76. The molecule has 4 rings (SSSR count). The highest BCUT2D eigenvalue weighted by Crippen LogP contribution is 2.40. The van der Waals surface area contributed by atoms with Crippen LogP contribution in [-0.2, 0) is 9.63 Å². The van der Waals surface area contributed by atoms with Crippen LogP contribution in [0.5, 0.6) is 0 Å². The van der Waals surface area contributed by atoms with E-state index in [1.54, 1.807) is 12.1 Å². The molecule has 1 aliphatic carbocycles. The average Bonchev–Trinajstić information content (AvgIpc) is 3.18. The Bertz CT molecular complexity index is 791. The predicted molar refractivity (Wildman–Crippen MR) is 88.2 cm³/mol. The molecular weight excluding hydrogens is 307 g/mol. The SMILES string of the molecule is O=C(N[C@@H]1C[C@@H]1c1ccccc1)[C@@H]1CC(c2cccc(F)c2)=NO1. The molecule has 1 N–H and O–H groups in total. The van der Waals surface area contributed by atoms with Crippen molar-refractivity contribution in [3.05, 3.63) is 71.5 Å². The Labute approximate surface area is 139 Å². The quantitative estimate of drug-likeness (QED) is 0.940. The molecule has 1 amide bonds. The summed E-state index contributed by atoms with van der Waals surface area (Å²) in [5, 5.41) is 6.96. The van der Waals surface area contributed by atoms with E-state index in [0.29, 0.717) is 23.6 Å². The van der Waals surface area contributed by atoms with Crippen LogP contribution in [-0.4, -0.2) is 23.8 Å². The number of carbonyl (C=O) groups is 1. The van der Waals surface area contributed by atoms with E-state index < -0.39 is 6.10 Å². The van der Waals surface area contributed by atoms with Crippen molar-refractivity contribution in [1.29, 1.82) is 0 Å². The Morgan fingerprint density at radius 2 is 2.00 bits per heavy atom. The van der Waals surface area contributed by atoms with Crippen molar-refractivity contribution < 1.29 is 14.0 Å². The van der Waals surface area contributed by atoms with Gasteiger partial charge in [-0.05, 0) is 24.1 Å². The van der Waals surface area contributed by atoms with E-state index in [2.05, 4.69) is 22.6 Å². The van der Waals surface area contributed by atoms with Gasteiger partial charge in [0.1, 0.15) is 5.82 Å². The second-order valence-corrected chi connectivity index (χ2v) is 6.21. The molecule has 2 aromatic carbocycles. The summed E-state index contributed by atoms with van der Waals surface area (Å²) in [6.07, 6.45) is 0.665. The Balaban J connectivity index is 1.33. The van der Waals surface area contributed by atoms with Gasteiger partial charge in [0.25, 0.3) is 5.91 Å². The topological polar surface area (TPSA) is 50.7 Å². The molecule has 0 bridgehead atoms. The number of halogens is 1. The molecule has 4 nitrogen and oxygen atoms in total. The van der Waals surface area contributed by atoms with Gasteiger partial charge in [-0.25, -0.2) is 4.39 Å². The predicted octanol–water partition coefficient (Wildman–Crippen LogP) is 2.99. The van der Waals surface area contributed by atoms with Crippen LogP contribution in [0, 0.1) is 5.82 Å². The van der Waals surface area contributed by atoms with Gasteiger partial charge in [-0.3, -0.25) is 4.79 Å². The first kappa shape index (κ1) is 14.9. The third-order valence-corrected chi connectivity index (χ3v) is 4.46. The van der Waals surface area contributed by atoms with E-state index in [4.69, 9.17) is 4.84 Å². The van der Waals surface area contributed by atoms with Crippen LogP contribution >= 0.6 is 0 Å². The van der Waals surface area contributed by atoms with Crippen LogP contribution in [0.2, 0.25) is 0 Å². The first-order valence-electron chi connectivity index (χ1n) is 8.04. The molecule has 1 fully saturated rings. The highest BCUT2D eigenvalue weighted by atomic mass is 19.1. The van der Waals surface area contributed by atoms with Gasteiger partial charge >= 0.3 is 0 Å². The number of oxime groups is 1. The first-order valence-corrected chi connectivity index (χ1v) is 8.04. The highest BCUT2D eigenvalue weighted by Gasteiger charge is 2.41. The summed E-state index contributed by atoms with van der Waals surface area (Å²) in [4.78, 5) is 17.6. The summed E-state index contributed by atoms with van der Waals surface area (Å²) in [7, 11) is 0. The standard InChI is InChI=1S/C19H17FN2O2/c20-14-8-4-7-13(9-14)16-11-18(24-22-16)19(23)21-17-10-15(17)12-5-2-1-3-6-12/h1-9,15,17-18H,10-11H2,(H,21,23)/t15-,17-,18+/m1/s1. The molecule has 0 aromatic heterocycles. The number of hydrogen-bond donors (Lipinski definition) is 1. The summed E-state index contributed by atoms with van der Waals surface area (Å²) in [6.45, 7) is 0. The number of hydrogen-bond acceptors (Lipinski definition) is 3. The van der Waals surface area contributed by atoms with Crippen LogP contribution < -0.4 is 5.32 Å². The fourth-order valence-corrected chi connectivity index (χ4v) is 3.06. The zero-order valence-corrected chi connectivity index (χ0v) is 13.0. The molecule has 2 aliphatic rings. The number of nitrogens with one attached hydrogen (secondary N) is 1. The minimum absolute atomic E-state index is 0.154. The van der Waals surface area contributed by atoms with E-state index in [1.165, 1.54) is 17.7 Å². The lowest BCUT2D eigenvalue weighted by atomic mass is 10.0. The average molecular weight is 324 g/mol. The fraction of sp³-hybridized carbons (Fsp3) is 0.263. The summed E-state index contributed by atoms with van der Waals surface area (Å²) >= 11 is 0. The van der Waals surface area contributed by atoms with Gasteiger partial charge < -0.3 is 10.2 Å². The molecule has 0 radical (unpaired) electrons. The molecule has 1 saturated carbocycles. The smallest absolute Gasteiger partial charge is 0.264 e. The molecule has 1 aliphatic heterocycles. The third-order valence-electron chi connectivity index (χ3n) is 4.46. The lowest BCUT2D eigenvalue weighted by molar-refractivity contribution is -0.131. The minimum Gasteiger partial charge on any atom is -0.382 e. The maximum absolute atomic E-state index is 13.3. The maximum Gasteiger partial charge on any atom is 0.264 e. The lowest BCUT2D eigenvalue weighted by Gasteiger charge is -2.09. The normalized spacial score (nSPS) is 24.9. The molecule has 1 heterocycles. The Hall–Kier alpha value is -2.69. The van der Waals surface area contributed by atoms with E-state index in [0.717, 1.165) is 6.42 Å². The summed E-state index contributed by atoms with van der Waals surface area (Å²) < 4.78 is 13.3. The van der Waals surface area contributed by atoms with Crippen molar-refractivity contribution in [3.63, 3.8) is 0 Å². The lowest BCUT2D eigenvalue weighted by Crippen LogP contribution is -2.36. The molecule has 3 atom stereocenters. The van der Waals surface area contributed by atoms with E-state index in [-0.39, 0.29) is 17.8 Å². The second kappa shape index (κ2) is 6.07. The summed E-state index contributed by atoms with van der Waals surface area (Å²) in [5.41, 5.74) is 2.50. The van der Waals surface area contributed by atoms with Gasteiger partial charge in [0.2, 0.25) is 6.10 Å². The van der Waals surface area contributed by atoms with Crippen molar-refractivity contribution in [2.75, 3.05) is 0 Å². The minimum atomic E-state index is -0.639. The van der Waals surface area contributed by atoms with Crippen molar-refractivity contribution in [3.8, 4) is 0 Å². The molecule has 122 valence electrons. The van der Waals surface area contributed by atoms with Crippen molar-refractivity contribution in [2.45, 2.75) is 30.9 Å².